The Kier molecular flexibility index (Phi) is 7.42. The van der Waals surface area contributed by atoms with E-state index in [1.807, 2.05) is 13.2 Å². The number of thioether (sulfide) groups is 1. The quantitative estimate of drug-likeness (QED) is 0.316. The number of amides is 1. The number of rotatable bonds is 8. The second-order valence-electron chi connectivity index (χ2n) is 7.02. The van der Waals surface area contributed by atoms with Gasteiger partial charge in [-0.1, -0.05) is 31.2 Å². The zero-order valence-corrected chi connectivity index (χ0v) is 18.8. The van der Waals surface area contributed by atoms with Crippen LogP contribution in [-0.2, 0) is 16.1 Å². The summed E-state index contributed by atoms with van der Waals surface area (Å²) in [5, 5.41) is 7.61. The Labute approximate surface area is 189 Å². The van der Waals surface area contributed by atoms with Gasteiger partial charge in [-0.05, 0) is 30.9 Å². The fraction of sp³-hybridized carbons (Fsp3) is 0.261. The van der Waals surface area contributed by atoms with E-state index in [9.17, 15) is 19.2 Å². The van der Waals surface area contributed by atoms with E-state index in [4.69, 9.17) is 4.74 Å². The van der Waals surface area contributed by atoms with Crippen LogP contribution in [0.15, 0.2) is 52.2 Å². The first-order chi connectivity index (χ1) is 15.3. The number of carbonyl (C=O) groups is 3. The largest absolute Gasteiger partial charge is 0.452 e. The molecule has 1 aromatic heterocycles. The van der Waals surface area contributed by atoms with Gasteiger partial charge in [-0.3, -0.25) is 14.4 Å². The molecule has 0 fully saturated rings. The van der Waals surface area contributed by atoms with Gasteiger partial charge in [0.15, 0.2) is 18.1 Å². The molecule has 32 heavy (non-hydrogen) atoms. The average molecular weight is 454 g/mol. The maximum atomic E-state index is 12.8. The predicted molar refractivity (Wildman–Crippen MR) is 123 cm³/mol. The molecule has 166 valence electrons. The zero-order valence-electron chi connectivity index (χ0n) is 18.0. The van der Waals surface area contributed by atoms with Gasteiger partial charge < -0.3 is 10.1 Å². The number of Topliss-reactive ketones (excluding diaryl/α,β-unsaturated/α-hetero) is 1. The van der Waals surface area contributed by atoms with E-state index in [0.29, 0.717) is 35.0 Å². The fourth-order valence-corrected chi connectivity index (χ4v) is 3.73. The van der Waals surface area contributed by atoms with E-state index < -0.39 is 18.4 Å². The Morgan fingerprint density at radius 3 is 2.50 bits per heavy atom. The van der Waals surface area contributed by atoms with Crippen LogP contribution in [0, 0.1) is 0 Å². The third-order valence-corrected chi connectivity index (χ3v) is 5.46. The molecule has 3 rings (SSSR count). The highest BCUT2D eigenvalue weighted by Gasteiger charge is 2.20. The SMILES string of the molecule is CCCn1nc(C(=O)OCC(=O)c2ccc(SC)c(NC(C)=O)c2)c2ccccc2c1=O. The number of fused-ring (bicyclic) bond motifs is 1. The molecule has 0 aliphatic heterocycles. The lowest BCUT2D eigenvalue weighted by molar-refractivity contribution is -0.114. The molecule has 3 aromatic rings. The molecule has 0 aliphatic rings. The highest BCUT2D eigenvalue weighted by atomic mass is 32.2. The number of ether oxygens (including phenoxy) is 1. The number of nitrogens with one attached hydrogen (secondary N) is 1. The number of aromatic nitrogens is 2. The standard InChI is InChI=1S/C23H23N3O5S/c1-4-11-26-22(29)17-8-6-5-7-16(17)21(25-26)23(30)31-13-19(28)15-9-10-20(32-3)18(12-15)24-14(2)27/h5-10,12H,4,11,13H2,1-3H3,(H,24,27). The van der Waals surface area contributed by atoms with E-state index in [1.54, 1.807) is 42.5 Å². The number of esters is 1. The first-order valence-electron chi connectivity index (χ1n) is 10.0. The minimum atomic E-state index is -0.790. The summed E-state index contributed by atoms with van der Waals surface area (Å²) < 4.78 is 6.48. The third-order valence-electron chi connectivity index (χ3n) is 4.66. The van der Waals surface area contributed by atoms with Crippen molar-refractivity contribution in [2.45, 2.75) is 31.7 Å². The molecule has 0 spiro atoms. The number of ketones is 1. The molecule has 0 aliphatic carbocycles. The summed E-state index contributed by atoms with van der Waals surface area (Å²) in [5.74, 6) is -1.47. The second-order valence-corrected chi connectivity index (χ2v) is 7.87. The normalized spacial score (nSPS) is 10.7. The average Bonchev–Trinajstić information content (AvgIpc) is 2.78. The van der Waals surface area contributed by atoms with Gasteiger partial charge in [-0.2, -0.15) is 5.10 Å². The van der Waals surface area contributed by atoms with Crippen LogP contribution in [-0.4, -0.2) is 40.3 Å². The minimum Gasteiger partial charge on any atom is -0.452 e. The van der Waals surface area contributed by atoms with Crippen molar-refractivity contribution in [2.75, 3.05) is 18.2 Å². The number of aryl methyl sites for hydroxylation is 1. The topological polar surface area (TPSA) is 107 Å². The predicted octanol–water partition coefficient (Wildman–Crippen LogP) is 3.53. The monoisotopic (exact) mass is 453 g/mol. The van der Waals surface area contributed by atoms with Gasteiger partial charge in [0.05, 0.1) is 11.1 Å². The van der Waals surface area contributed by atoms with Gasteiger partial charge in [0.2, 0.25) is 5.91 Å². The number of carbonyl (C=O) groups excluding carboxylic acids is 3. The molecule has 1 N–H and O–H groups in total. The number of hydrogen-bond donors (Lipinski definition) is 1. The molecule has 8 nitrogen and oxygen atoms in total. The smallest absolute Gasteiger partial charge is 0.359 e. The number of benzene rings is 2. The lowest BCUT2D eigenvalue weighted by Gasteiger charge is -2.11. The molecule has 0 unspecified atom stereocenters. The maximum Gasteiger partial charge on any atom is 0.359 e. The van der Waals surface area contributed by atoms with Gasteiger partial charge in [0.25, 0.3) is 5.56 Å². The lowest BCUT2D eigenvalue weighted by Crippen LogP contribution is -2.27. The lowest BCUT2D eigenvalue weighted by atomic mass is 10.1. The van der Waals surface area contributed by atoms with E-state index in [2.05, 4.69) is 10.4 Å². The minimum absolute atomic E-state index is 0.0156. The van der Waals surface area contributed by atoms with E-state index in [1.165, 1.54) is 23.4 Å². The Morgan fingerprint density at radius 2 is 1.84 bits per heavy atom. The van der Waals surface area contributed by atoms with Crippen LogP contribution in [0.2, 0.25) is 0 Å². The van der Waals surface area contributed by atoms with Gasteiger partial charge in [-0.25, -0.2) is 9.48 Å². The highest BCUT2D eigenvalue weighted by Crippen LogP contribution is 2.27. The van der Waals surface area contributed by atoms with Crippen LogP contribution in [0.25, 0.3) is 10.8 Å². The molecular weight excluding hydrogens is 430 g/mol. The molecule has 0 saturated heterocycles. The summed E-state index contributed by atoms with van der Waals surface area (Å²) in [6.45, 7) is 3.14. The van der Waals surface area contributed by atoms with Crippen molar-refractivity contribution in [3.05, 3.63) is 64.1 Å². The van der Waals surface area contributed by atoms with Crippen molar-refractivity contribution in [2.24, 2.45) is 0 Å². The van der Waals surface area contributed by atoms with Gasteiger partial charge in [-0.15, -0.1) is 11.8 Å². The summed E-state index contributed by atoms with van der Waals surface area (Å²) in [5.41, 5.74) is 0.516. The second kappa shape index (κ2) is 10.2. The molecular formula is C23H23N3O5S. The molecule has 1 amide bonds. The molecule has 9 heteroatoms. The van der Waals surface area contributed by atoms with Crippen LogP contribution < -0.4 is 10.9 Å². The zero-order chi connectivity index (χ0) is 23.3. The molecule has 0 radical (unpaired) electrons. The molecule has 2 aromatic carbocycles. The van der Waals surface area contributed by atoms with Crippen LogP contribution in [0.4, 0.5) is 5.69 Å². The van der Waals surface area contributed by atoms with E-state index in [0.717, 1.165) is 4.90 Å². The molecule has 1 heterocycles. The van der Waals surface area contributed by atoms with Crippen molar-refractivity contribution >= 4 is 45.9 Å². The van der Waals surface area contributed by atoms with Crippen LogP contribution in [0.5, 0.6) is 0 Å². The summed E-state index contributed by atoms with van der Waals surface area (Å²) in [6, 6.07) is 11.6. The first-order valence-corrected chi connectivity index (χ1v) is 11.2. The van der Waals surface area contributed by atoms with Crippen molar-refractivity contribution in [3.63, 3.8) is 0 Å². The van der Waals surface area contributed by atoms with Crippen molar-refractivity contribution in [1.29, 1.82) is 0 Å². The van der Waals surface area contributed by atoms with Crippen molar-refractivity contribution < 1.29 is 19.1 Å². The van der Waals surface area contributed by atoms with Gasteiger partial charge >= 0.3 is 5.97 Å². The van der Waals surface area contributed by atoms with E-state index >= 15 is 0 Å². The highest BCUT2D eigenvalue weighted by molar-refractivity contribution is 7.98. The van der Waals surface area contributed by atoms with Crippen LogP contribution in [0.1, 0.15) is 41.1 Å². The van der Waals surface area contributed by atoms with Gasteiger partial charge in [0.1, 0.15) is 0 Å². The summed E-state index contributed by atoms with van der Waals surface area (Å²) in [7, 11) is 0. The third kappa shape index (κ3) is 5.05. The number of hydrogen-bond acceptors (Lipinski definition) is 7. The summed E-state index contributed by atoms with van der Waals surface area (Å²) in [4.78, 5) is 50.2. The Bertz CT molecular complexity index is 1250. The first kappa shape index (κ1) is 23.2. The van der Waals surface area contributed by atoms with Gasteiger partial charge in [0, 0.05) is 29.3 Å². The number of anilines is 1. The van der Waals surface area contributed by atoms with Crippen molar-refractivity contribution in [3.8, 4) is 0 Å². The molecule has 0 bridgehead atoms. The maximum absolute atomic E-state index is 12.8. The Morgan fingerprint density at radius 1 is 1.12 bits per heavy atom. The van der Waals surface area contributed by atoms with E-state index in [-0.39, 0.29) is 17.2 Å². The molecule has 0 atom stereocenters. The summed E-state index contributed by atoms with van der Waals surface area (Å²) >= 11 is 1.43. The van der Waals surface area contributed by atoms with Crippen LogP contribution >= 0.6 is 11.8 Å². The van der Waals surface area contributed by atoms with Crippen molar-refractivity contribution in [1.82, 2.24) is 9.78 Å². The Balaban J connectivity index is 1.84. The summed E-state index contributed by atoms with van der Waals surface area (Å²) in [6.07, 6.45) is 2.53. The number of nitrogens with zero attached hydrogens (tertiary/aromatic N) is 2. The fourth-order valence-electron chi connectivity index (χ4n) is 3.20. The molecule has 0 saturated carbocycles. The van der Waals surface area contributed by atoms with Crippen LogP contribution in [0.3, 0.4) is 0 Å². The Hall–Kier alpha value is -3.46.